The lowest BCUT2D eigenvalue weighted by atomic mass is 9.84. The van der Waals surface area contributed by atoms with Crippen LogP contribution in [-0.2, 0) is 9.47 Å². The van der Waals surface area contributed by atoms with Gasteiger partial charge < -0.3 is 14.6 Å². The minimum Gasteiger partial charge on any atom is -0.385 e. The highest BCUT2D eigenvalue weighted by atomic mass is 16.7. The van der Waals surface area contributed by atoms with Crippen LogP contribution < -0.4 is 0 Å². The Morgan fingerprint density at radius 3 is 2.15 bits per heavy atom. The van der Waals surface area contributed by atoms with Crippen molar-refractivity contribution in [2.45, 2.75) is 50.4 Å². The molecule has 2 rings (SSSR count). The number of hydrogen-bond donors (Lipinski definition) is 1. The van der Waals surface area contributed by atoms with Gasteiger partial charge in [-0.1, -0.05) is 19.3 Å². The van der Waals surface area contributed by atoms with Gasteiger partial charge in [-0.05, 0) is 19.3 Å². The van der Waals surface area contributed by atoms with E-state index in [2.05, 4.69) is 0 Å². The molecule has 0 amide bonds. The highest BCUT2D eigenvalue weighted by Gasteiger charge is 2.40. The van der Waals surface area contributed by atoms with E-state index in [0.717, 1.165) is 45.3 Å². The largest absolute Gasteiger partial charge is 0.385 e. The van der Waals surface area contributed by atoms with Crippen LogP contribution in [0.1, 0.15) is 38.5 Å². The highest BCUT2D eigenvalue weighted by Crippen LogP contribution is 2.33. The topological polar surface area (TPSA) is 38.7 Å². The van der Waals surface area contributed by atoms with Gasteiger partial charge in [-0.25, -0.2) is 0 Å². The molecular formula is C10H18O3. The van der Waals surface area contributed by atoms with Crippen LogP contribution in [-0.4, -0.2) is 30.2 Å². The van der Waals surface area contributed by atoms with E-state index < -0.39 is 5.60 Å². The Labute approximate surface area is 79.0 Å². The van der Waals surface area contributed by atoms with E-state index in [0.29, 0.717) is 0 Å². The fraction of sp³-hybridized carbons (Fsp3) is 1.00. The van der Waals surface area contributed by atoms with E-state index in [9.17, 15) is 5.11 Å². The fourth-order valence-electron chi connectivity index (χ4n) is 2.20. The molecule has 0 radical (unpaired) electrons. The van der Waals surface area contributed by atoms with Crippen molar-refractivity contribution >= 4 is 0 Å². The van der Waals surface area contributed by atoms with Crippen LogP contribution in [0.3, 0.4) is 0 Å². The molecule has 0 aromatic rings. The molecule has 3 heteroatoms. The second kappa shape index (κ2) is 3.95. The third-order valence-electron chi connectivity index (χ3n) is 2.99. The second-order valence-corrected chi connectivity index (χ2v) is 4.09. The van der Waals surface area contributed by atoms with Crippen LogP contribution in [0.4, 0.5) is 0 Å². The molecule has 0 unspecified atom stereocenters. The van der Waals surface area contributed by atoms with Crippen molar-refractivity contribution in [1.29, 1.82) is 0 Å². The Kier molecular flexibility index (Phi) is 2.86. The first-order valence-corrected chi connectivity index (χ1v) is 5.27. The molecule has 1 heterocycles. The summed E-state index contributed by atoms with van der Waals surface area (Å²) < 4.78 is 10.9. The molecule has 0 spiro atoms. The van der Waals surface area contributed by atoms with Gasteiger partial charge >= 0.3 is 0 Å². The maximum Gasteiger partial charge on any atom is 0.186 e. The van der Waals surface area contributed by atoms with Crippen molar-refractivity contribution in [3.63, 3.8) is 0 Å². The van der Waals surface area contributed by atoms with Crippen LogP contribution >= 0.6 is 0 Å². The summed E-state index contributed by atoms with van der Waals surface area (Å²) in [5.74, 6) is 0. The Balaban J connectivity index is 1.94. The molecule has 0 bridgehead atoms. The molecule has 1 saturated heterocycles. The summed E-state index contributed by atoms with van der Waals surface area (Å²) in [6.07, 6.45) is 5.68. The number of rotatable bonds is 1. The maximum atomic E-state index is 10.2. The zero-order valence-corrected chi connectivity index (χ0v) is 8.00. The number of aliphatic hydroxyl groups is 1. The van der Waals surface area contributed by atoms with Gasteiger partial charge in [-0.15, -0.1) is 0 Å². The smallest absolute Gasteiger partial charge is 0.186 e. The van der Waals surface area contributed by atoms with E-state index >= 15 is 0 Å². The van der Waals surface area contributed by atoms with E-state index in [-0.39, 0.29) is 6.29 Å². The third-order valence-corrected chi connectivity index (χ3v) is 2.99. The summed E-state index contributed by atoms with van der Waals surface area (Å²) in [6, 6.07) is 0. The quantitative estimate of drug-likeness (QED) is 0.673. The summed E-state index contributed by atoms with van der Waals surface area (Å²) in [5.41, 5.74) is -0.696. The summed E-state index contributed by atoms with van der Waals surface area (Å²) in [7, 11) is 0. The van der Waals surface area contributed by atoms with Gasteiger partial charge in [0.25, 0.3) is 0 Å². The minimum atomic E-state index is -0.696. The van der Waals surface area contributed by atoms with E-state index in [1.807, 2.05) is 0 Å². The molecular weight excluding hydrogens is 168 g/mol. The first kappa shape index (κ1) is 9.44. The second-order valence-electron chi connectivity index (χ2n) is 4.09. The van der Waals surface area contributed by atoms with Crippen molar-refractivity contribution in [1.82, 2.24) is 0 Å². The minimum absolute atomic E-state index is 0.360. The summed E-state index contributed by atoms with van der Waals surface area (Å²) >= 11 is 0. The Morgan fingerprint density at radius 2 is 1.54 bits per heavy atom. The lowest BCUT2D eigenvalue weighted by molar-refractivity contribution is -0.268. The molecule has 2 aliphatic rings. The van der Waals surface area contributed by atoms with Gasteiger partial charge in [0, 0.05) is 0 Å². The average molecular weight is 186 g/mol. The van der Waals surface area contributed by atoms with Crippen LogP contribution in [0.15, 0.2) is 0 Å². The summed E-state index contributed by atoms with van der Waals surface area (Å²) in [5, 5.41) is 10.2. The predicted octanol–water partition coefficient (Wildman–Crippen LogP) is 1.44. The van der Waals surface area contributed by atoms with Gasteiger partial charge in [0.1, 0.15) is 5.60 Å². The summed E-state index contributed by atoms with van der Waals surface area (Å²) in [6.45, 7) is 1.46. The molecule has 13 heavy (non-hydrogen) atoms. The average Bonchev–Trinajstić information content (AvgIpc) is 2.20. The zero-order chi connectivity index (χ0) is 9.15. The van der Waals surface area contributed by atoms with Crippen LogP contribution in [0, 0.1) is 0 Å². The van der Waals surface area contributed by atoms with Crippen molar-refractivity contribution in [3.05, 3.63) is 0 Å². The van der Waals surface area contributed by atoms with Crippen molar-refractivity contribution in [2.24, 2.45) is 0 Å². The normalized spacial score (nSPS) is 30.2. The molecule has 1 aliphatic heterocycles. The molecule has 1 N–H and O–H groups in total. The molecule has 1 saturated carbocycles. The predicted molar refractivity (Wildman–Crippen MR) is 48.3 cm³/mol. The molecule has 0 aromatic carbocycles. The number of hydrogen-bond acceptors (Lipinski definition) is 3. The molecule has 0 atom stereocenters. The molecule has 76 valence electrons. The lowest BCUT2D eigenvalue weighted by Crippen LogP contribution is -2.49. The number of ether oxygens (including phenoxy) is 2. The van der Waals surface area contributed by atoms with Gasteiger partial charge in [-0.3, -0.25) is 0 Å². The van der Waals surface area contributed by atoms with Crippen LogP contribution in [0.5, 0.6) is 0 Å². The summed E-state index contributed by atoms with van der Waals surface area (Å²) in [4.78, 5) is 0. The first-order valence-electron chi connectivity index (χ1n) is 5.27. The van der Waals surface area contributed by atoms with Crippen LogP contribution in [0.2, 0.25) is 0 Å². The Hall–Kier alpha value is -0.120. The van der Waals surface area contributed by atoms with E-state index in [1.165, 1.54) is 6.42 Å². The monoisotopic (exact) mass is 186 g/mol. The van der Waals surface area contributed by atoms with Crippen molar-refractivity contribution in [3.8, 4) is 0 Å². The third kappa shape index (κ3) is 2.03. The zero-order valence-electron chi connectivity index (χ0n) is 8.00. The molecule has 3 nitrogen and oxygen atoms in total. The highest BCUT2D eigenvalue weighted by molar-refractivity contribution is 4.86. The Bertz CT molecular complexity index is 158. The lowest BCUT2D eigenvalue weighted by Gasteiger charge is -2.40. The van der Waals surface area contributed by atoms with E-state index in [4.69, 9.17) is 9.47 Å². The molecule has 0 aromatic heterocycles. The SMILES string of the molecule is OC1(C2OCCCO2)CCCCC1. The van der Waals surface area contributed by atoms with Gasteiger partial charge in [-0.2, -0.15) is 0 Å². The van der Waals surface area contributed by atoms with Crippen LogP contribution in [0.25, 0.3) is 0 Å². The van der Waals surface area contributed by atoms with Gasteiger partial charge in [0.2, 0.25) is 0 Å². The standard InChI is InChI=1S/C10H18O3/c11-10(5-2-1-3-6-10)9-12-7-4-8-13-9/h9,11H,1-8H2. The van der Waals surface area contributed by atoms with Gasteiger partial charge in [0.05, 0.1) is 13.2 Å². The first-order chi connectivity index (χ1) is 6.31. The fourth-order valence-corrected chi connectivity index (χ4v) is 2.20. The van der Waals surface area contributed by atoms with Crippen molar-refractivity contribution in [2.75, 3.05) is 13.2 Å². The maximum absolute atomic E-state index is 10.2. The molecule has 2 fully saturated rings. The van der Waals surface area contributed by atoms with Crippen molar-refractivity contribution < 1.29 is 14.6 Å². The van der Waals surface area contributed by atoms with Gasteiger partial charge in [0.15, 0.2) is 6.29 Å². The Morgan fingerprint density at radius 1 is 0.923 bits per heavy atom. The van der Waals surface area contributed by atoms with E-state index in [1.54, 1.807) is 0 Å². The molecule has 1 aliphatic carbocycles.